The molecule has 19 heteroatoms. The van der Waals surface area contributed by atoms with Crippen LogP contribution in [-0.2, 0) is 40.9 Å². The van der Waals surface area contributed by atoms with Crippen LogP contribution in [0.25, 0.3) is 0 Å². The third-order valence-corrected chi connectivity index (χ3v) is 9.17. The number of carbonyl (C=O) groups is 2. The predicted molar refractivity (Wildman–Crippen MR) is 218 cm³/mol. The number of alkyl halides is 7. The number of hydrogen-bond donors (Lipinski definition) is 1. The van der Waals surface area contributed by atoms with Crippen LogP contribution in [0.1, 0.15) is 104 Å². The number of anilines is 2. The molecule has 0 atom stereocenters. The van der Waals surface area contributed by atoms with E-state index in [1.807, 2.05) is 25.7 Å². The van der Waals surface area contributed by atoms with E-state index in [0.29, 0.717) is 63.2 Å². The van der Waals surface area contributed by atoms with Gasteiger partial charge in [0.15, 0.2) is 0 Å². The zero-order valence-corrected chi connectivity index (χ0v) is 39.4. The van der Waals surface area contributed by atoms with E-state index in [1.54, 1.807) is 37.8 Å². The average molecular weight is 946 g/mol. The molecule has 3 heterocycles. The van der Waals surface area contributed by atoms with Gasteiger partial charge in [-0.15, -0.1) is 0 Å². The van der Waals surface area contributed by atoms with Crippen LogP contribution in [0.2, 0.25) is 0 Å². The molecule has 61 heavy (non-hydrogen) atoms. The van der Waals surface area contributed by atoms with Gasteiger partial charge in [0.05, 0.1) is 46.6 Å². The average Bonchev–Trinajstić information content (AvgIpc) is 3.76. The fourth-order valence-corrected chi connectivity index (χ4v) is 6.08. The summed E-state index contributed by atoms with van der Waals surface area (Å²) < 4.78 is 98.4. The maximum absolute atomic E-state index is 13.1. The second-order valence-corrected chi connectivity index (χ2v) is 16.6. The van der Waals surface area contributed by atoms with Gasteiger partial charge in [-0.1, -0.05) is 15.9 Å². The molecule has 336 valence electrons. The summed E-state index contributed by atoms with van der Waals surface area (Å²) in [4.78, 5) is 25.9. The van der Waals surface area contributed by atoms with Crippen molar-refractivity contribution in [3.8, 4) is 12.1 Å². The molecule has 0 amide bonds. The smallest absolute Gasteiger partial charge is 1.00 e. The minimum absolute atomic E-state index is 0. The number of rotatable bonds is 6. The summed E-state index contributed by atoms with van der Waals surface area (Å²) in [5, 5.41) is 27.3. The number of aliphatic hydroxyl groups is 1. The van der Waals surface area contributed by atoms with E-state index in [2.05, 4.69) is 15.9 Å². The second-order valence-electron chi connectivity index (χ2n) is 16.0. The molecular formula is C42H56BrF6N4NaO7. The molecule has 5 rings (SSSR count). The molecule has 0 aromatic heterocycles. The van der Waals surface area contributed by atoms with E-state index in [9.17, 15) is 41.0 Å². The first kappa shape index (κ1) is 55.9. The fourth-order valence-electron chi connectivity index (χ4n) is 5.96. The monoisotopic (exact) mass is 944 g/mol. The maximum atomic E-state index is 13.1. The Hall–Kier alpha value is -3.10. The zero-order chi connectivity index (χ0) is 45.3. The normalized spacial score (nSPS) is 16.1. The van der Waals surface area contributed by atoms with Gasteiger partial charge in [0, 0.05) is 50.8 Å². The molecule has 3 aliphatic rings. The minimum Gasteiger partial charge on any atom is -1.00 e. The van der Waals surface area contributed by atoms with Crippen LogP contribution < -0.4 is 39.4 Å². The van der Waals surface area contributed by atoms with Gasteiger partial charge in [-0.25, -0.2) is 4.79 Å². The topological polar surface area (TPSA) is 145 Å². The molecule has 0 saturated carbocycles. The molecule has 3 saturated heterocycles. The van der Waals surface area contributed by atoms with Gasteiger partial charge in [0.1, 0.15) is 23.1 Å². The van der Waals surface area contributed by atoms with Crippen molar-refractivity contribution in [1.82, 2.24) is 0 Å². The molecule has 1 N–H and O–H groups in total. The summed E-state index contributed by atoms with van der Waals surface area (Å²) in [6.07, 6.45) is -4.81. The quantitative estimate of drug-likeness (QED) is 0.156. The number of esters is 2. The number of hydrogen-bond acceptors (Lipinski definition) is 11. The summed E-state index contributed by atoms with van der Waals surface area (Å²) in [6, 6.07) is 10.6. The molecule has 0 radical (unpaired) electrons. The molecule has 11 nitrogen and oxygen atoms in total. The molecule has 3 aliphatic heterocycles. The Morgan fingerprint density at radius 3 is 1.46 bits per heavy atom. The molecule has 2 aromatic rings. The van der Waals surface area contributed by atoms with E-state index >= 15 is 0 Å². The fraction of sp³-hybridized carbons (Fsp3) is 0.619. The van der Waals surface area contributed by atoms with Crippen molar-refractivity contribution < 1.29 is 91.0 Å². The Kier molecular flexibility index (Phi) is 23.7. The molecule has 0 spiro atoms. The first-order valence-electron chi connectivity index (χ1n) is 19.5. The second kappa shape index (κ2) is 25.9. The van der Waals surface area contributed by atoms with Crippen molar-refractivity contribution in [1.29, 1.82) is 10.5 Å². The van der Waals surface area contributed by atoms with E-state index in [-0.39, 0.29) is 77.8 Å². The van der Waals surface area contributed by atoms with Crippen LogP contribution >= 0.6 is 15.9 Å². The largest absolute Gasteiger partial charge is 1.00 e. The Balaban J connectivity index is 0.000000917. The van der Waals surface area contributed by atoms with Crippen molar-refractivity contribution >= 4 is 39.2 Å². The Labute approximate surface area is 386 Å². The van der Waals surface area contributed by atoms with Gasteiger partial charge in [-0.2, -0.15) is 36.9 Å². The van der Waals surface area contributed by atoms with Crippen molar-refractivity contribution in [3.05, 3.63) is 58.7 Å². The van der Waals surface area contributed by atoms with E-state index in [4.69, 9.17) is 29.5 Å². The maximum Gasteiger partial charge on any atom is 1.00 e. The number of halogens is 7. The summed E-state index contributed by atoms with van der Waals surface area (Å²) in [7, 11) is 0. The van der Waals surface area contributed by atoms with Gasteiger partial charge >= 0.3 is 53.8 Å². The minimum atomic E-state index is -4.57. The Bertz CT molecular complexity index is 1750. The Morgan fingerprint density at radius 1 is 0.754 bits per heavy atom. The van der Waals surface area contributed by atoms with Crippen molar-refractivity contribution in [2.75, 3.05) is 61.1 Å². The van der Waals surface area contributed by atoms with Gasteiger partial charge in [-0.05, 0) is 116 Å². The molecular weight excluding hydrogens is 889 g/mol. The van der Waals surface area contributed by atoms with Crippen molar-refractivity contribution in [3.63, 3.8) is 0 Å². The number of aliphatic hydroxyl groups excluding tert-OH is 1. The standard InChI is InChI=1S/C19H23F3N2O3.C13H13F3N2O.C6H11BrO2.C4H8O.Na.H/c1-18(2,3)27-17(25)12-26-15-6-8-24(9-7-15)14-5-4-13(11-23)16(10-14)19(20,21)22;14-13(15,16)12-7-10(2-1-9(12)8-17)18-5-3-11(19)4-6-18;1-6(2,3)9-5(8)4-7;1-2-4-5-3-1;;/h4-5,10,15H,6-9,12H2,1-3H3;1-2,7,11,19H,3-6H2;4H2,1-3H3;1-4H2;;/q;;;;+1;-1. The first-order chi connectivity index (χ1) is 27.9. The third-order valence-electron chi connectivity index (χ3n) is 8.71. The third kappa shape index (κ3) is 21.7. The number of nitriles is 2. The van der Waals surface area contributed by atoms with Gasteiger partial charge < -0.3 is 35.3 Å². The molecule has 0 unspecified atom stereocenters. The number of piperidine rings is 2. The number of benzene rings is 2. The first-order valence-corrected chi connectivity index (χ1v) is 20.6. The van der Waals surface area contributed by atoms with Crippen LogP contribution in [0.4, 0.5) is 37.7 Å². The van der Waals surface area contributed by atoms with Gasteiger partial charge in [-0.3, -0.25) is 4.79 Å². The summed E-state index contributed by atoms with van der Waals surface area (Å²) in [5.41, 5.74) is -2.65. The van der Waals surface area contributed by atoms with E-state index in [0.717, 1.165) is 25.3 Å². The van der Waals surface area contributed by atoms with Gasteiger partial charge in [0.2, 0.25) is 0 Å². The van der Waals surface area contributed by atoms with Gasteiger partial charge in [0.25, 0.3) is 0 Å². The van der Waals surface area contributed by atoms with Crippen LogP contribution in [0.3, 0.4) is 0 Å². The molecule has 3 fully saturated rings. The number of nitrogens with zero attached hydrogens (tertiary/aromatic N) is 4. The molecule has 0 aliphatic carbocycles. The molecule has 0 bridgehead atoms. The Morgan fingerprint density at radius 2 is 1.15 bits per heavy atom. The number of ether oxygens (including phenoxy) is 4. The summed E-state index contributed by atoms with van der Waals surface area (Å²) in [6.45, 7) is 14.7. The van der Waals surface area contributed by atoms with Crippen LogP contribution in [0, 0.1) is 22.7 Å². The molecule has 2 aromatic carbocycles. The van der Waals surface area contributed by atoms with Crippen LogP contribution in [0.5, 0.6) is 0 Å². The number of carbonyl (C=O) groups excluding carboxylic acids is 2. The van der Waals surface area contributed by atoms with E-state index < -0.39 is 35.0 Å². The van der Waals surface area contributed by atoms with Crippen LogP contribution in [0.15, 0.2) is 36.4 Å². The summed E-state index contributed by atoms with van der Waals surface area (Å²) >= 11 is 2.99. The SMILES string of the molecule is C1CCOC1.CC(C)(C)OC(=O)CBr.CC(C)(C)OC(=O)COC1CCN(c2ccc(C#N)c(C(F)(F)F)c2)CC1.N#Cc1ccc(N2CCC(O)CC2)cc1C(F)(F)F.[H-].[Na+]. The van der Waals surface area contributed by atoms with E-state index in [1.165, 1.54) is 37.1 Å². The van der Waals surface area contributed by atoms with Crippen molar-refractivity contribution in [2.24, 2.45) is 0 Å². The zero-order valence-electron chi connectivity index (χ0n) is 36.8. The van der Waals surface area contributed by atoms with Crippen LogP contribution in [-0.4, -0.2) is 91.8 Å². The summed E-state index contributed by atoms with van der Waals surface area (Å²) in [5.74, 6) is -0.658. The predicted octanol–water partition coefficient (Wildman–Crippen LogP) is 6.08. The van der Waals surface area contributed by atoms with Crippen molar-refractivity contribution in [2.45, 2.75) is 116 Å².